The molecule has 5 nitrogen and oxygen atoms in total. The van der Waals surface area contributed by atoms with Crippen LogP contribution in [0.5, 0.6) is 0 Å². The van der Waals surface area contributed by atoms with E-state index in [1.807, 2.05) is 6.07 Å². The van der Waals surface area contributed by atoms with Gasteiger partial charge in [-0.25, -0.2) is 4.79 Å². The van der Waals surface area contributed by atoms with E-state index in [2.05, 4.69) is 5.32 Å². The van der Waals surface area contributed by atoms with Crippen LogP contribution in [0.2, 0.25) is 10.0 Å². The van der Waals surface area contributed by atoms with E-state index in [4.69, 9.17) is 27.9 Å². The first-order valence-electron chi connectivity index (χ1n) is 7.47. The number of benzene rings is 2. The maximum Gasteiger partial charge on any atom is 0.326 e. The quantitative estimate of drug-likeness (QED) is 0.769. The maximum absolute atomic E-state index is 12.5. The predicted molar refractivity (Wildman–Crippen MR) is 95.9 cm³/mol. The lowest BCUT2D eigenvalue weighted by atomic mass is 10.0. The normalized spacial score (nSPS) is 13.1. The van der Waals surface area contributed by atoms with Crippen molar-refractivity contribution in [2.45, 2.75) is 18.6 Å². The van der Waals surface area contributed by atoms with Gasteiger partial charge in [0.15, 0.2) is 6.10 Å². The second-order valence-corrected chi connectivity index (χ2v) is 6.14. The van der Waals surface area contributed by atoms with Crippen LogP contribution in [-0.4, -0.2) is 30.1 Å². The molecular formula is C18H17Cl2NO4. The highest BCUT2D eigenvalue weighted by atomic mass is 35.5. The van der Waals surface area contributed by atoms with Crippen LogP contribution in [0.15, 0.2) is 48.5 Å². The topological polar surface area (TPSA) is 75.6 Å². The van der Waals surface area contributed by atoms with Gasteiger partial charge in [0.1, 0.15) is 6.04 Å². The second kappa shape index (κ2) is 8.85. The molecule has 0 fully saturated rings. The highest BCUT2D eigenvalue weighted by Gasteiger charge is 2.27. The van der Waals surface area contributed by atoms with Gasteiger partial charge in [0.2, 0.25) is 0 Å². The molecule has 1 amide bonds. The molecular weight excluding hydrogens is 365 g/mol. The van der Waals surface area contributed by atoms with Gasteiger partial charge in [-0.2, -0.15) is 0 Å². The van der Waals surface area contributed by atoms with Crippen molar-refractivity contribution < 1.29 is 19.4 Å². The SMILES string of the molecule is CO[C@H](C(=O)N[C@@H](Cc1c(Cl)cccc1Cl)C(=O)O)c1ccccc1. The van der Waals surface area contributed by atoms with Crippen LogP contribution in [0.25, 0.3) is 0 Å². The lowest BCUT2D eigenvalue weighted by Gasteiger charge is -2.20. The van der Waals surface area contributed by atoms with Gasteiger partial charge < -0.3 is 15.2 Å². The summed E-state index contributed by atoms with van der Waals surface area (Å²) in [6.07, 6.45) is -0.949. The first kappa shape index (κ1) is 19.2. The molecule has 0 radical (unpaired) electrons. The van der Waals surface area contributed by atoms with Crippen LogP contribution < -0.4 is 5.32 Å². The lowest BCUT2D eigenvalue weighted by Crippen LogP contribution is -2.44. The summed E-state index contributed by atoms with van der Waals surface area (Å²) in [7, 11) is 1.39. The number of carboxylic acid groups (broad SMARTS) is 1. The number of hydrogen-bond acceptors (Lipinski definition) is 3. The van der Waals surface area contributed by atoms with Gasteiger partial charge >= 0.3 is 5.97 Å². The fourth-order valence-corrected chi connectivity index (χ4v) is 2.95. The van der Waals surface area contributed by atoms with Gasteiger partial charge in [-0.3, -0.25) is 4.79 Å². The molecule has 132 valence electrons. The maximum atomic E-state index is 12.5. The molecule has 2 atom stereocenters. The Hall–Kier alpha value is -2.08. The van der Waals surface area contributed by atoms with Crippen LogP contribution in [-0.2, 0) is 20.7 Å². The molecule has 25 heavy (non-hydrogen) atoms. The van der Waals surface area contributed by atoms with E-state index in [-0.39, 0.29) is 6.42 Å². The largest absolute Gasteiger partial charge is 0.480 e. The average Bonchev–Trinajstić information content (AvgIpc) is 2.58. The van der Waals surface area contributed by atoms with E-state index >= 15 is 0 Å². The minimum Gasteiger partial charge on any atom is -0.480 e. The number of ether oxygens (including phenoxy) is 1. The van der Waals surface area contributed by atoms with Crippen LogP contribution in [0, 0.1) is 0 Å². The van der Waals surface area contributed by atoms with Gasteiger partial charge in [0.25, 0.3) is 5.91 Å². The highest BCUT2D eigenvalue weighted by Crippen LogP contribution is 2.26. The van der Waals surface area contributed by atoms with Crippen LogP contribution >= 0.6 is 23.2 Å². The third kappa shape index (κ3) is 4.95. The summed E-state index contributed by atoms with van der Waals surface area (Å²) in [6.45, 7) is 0. The lowest BCUT2D eigenvalue weighted by molar-refractivity contribution is -0.144. The number of methoxy groups -OCH3 is 1. The van der Waals surface area contributed by atoms with Crippen molar-refractivity contribution in [3.05, 3.63) is 69.7 Å². The van der Waals surface area contributed by atoms with Crippen molar-refractivity contribution in [2.24, 2.45) is 0 Å². The number of rotatable bonds is 7. The first-order chi connectivity index (χ1) is 11.9. The Bertz CT molecular complexity index is 732. The summed E-state index contributed by atoms with van der Waals surface area (Å²) < 4.78 is 5.22. The summed E-state index contributed by atoms with van der Waals surface area (Å²) in [6, 6.07) is 12.5. The van der Waals surface area contributed by atoms with Crippen molar-refractivity contribution in [1.29, 1.82) is 0 Å². The molecule has 2 aromatic rings. The summed E-state index contributed by atoms with van der Waals surface area (Å²) in [5.41, 5.74) is 1.09. The molecule has 0 spiro atoms. The molecule has 0 aliphatic carbocycles. The summed E-state index contributed by atoms with van der Waals surface area (Å²) in [5, 5.41) is 12.6. The van der Waals surface area contributed by atoms with Gasteiger partial charge in [0, 0.05) is 23.6 Å². The number of carbonyl (C=O) groups excluding carboxylic acids is 1. The number of hydrogen-bond donors (Lipinski definition) is 2. The number of aliphatic carboxylic acids is 1. The van der Waals surface area contributed by atoms with Crippen LogP contribution in [0.1, 0.15) is 17.2 Å². The van der Waals surface area contributed by atoms with Gasteiger partial charge in [-0.1, -0.05) is 59.6 Å². The van der Waals surface area contributed by atoms with Crippen molar-refractivity contribution >= 4 is 35.1 Å². The van der Waals surface area contributed by atoms with Gasteiger partial charge in [-0.15, -0.1) is 0 Å². The fourth-order valence-electron chi connectivity index (χ4n) is 2.40. The second-order valence-electron chi connectivity index (χ2n) is 5.33. The molecule has 2 rings (SSSR count). The smallest absolute Gasteiger partial charge is 0.326 e. The van der Waals surface area contributed by atoms with Crippen molar-refractivity contribution in [2.75, 3.05) is 7.11 Å². The Morgan fingerprint density at radius 2 is 1.68 bits per heavy atom. The van der Waals surface area contributed by atoms with E-state index in [1.54, 1.807) is 42.5 Å². The molecule has 0 saturated heterocycles. The molecule has 0 aromatic heterocycles. The number of carboxylic acids is 1. The summed E-state index contributed by atoms with van der Waals surface area (Å²) >= 11 is 12.2. The van der Waals surface area contributed by atoms with E-state index < -0.39 is 24.0 Å². The standard InChI is InChI=1S/C18H17Cl2NO4/c1-25-16(11-6-3-2-4-7-11)17(22)21-15(18(23)24)10-12-13(19)8-5-9-14(12)20/h2-9,15-16H,10H2,1H3,(H,21,22)(H,23,24)/t15-,16-/m0/s1. The summed E-state index contributed by atoms with van der Waals surface area (Å²) in [5.74, 6) is -1.74. The number of carbonyl (C=O) groups is 2. The van der Waals surface area contributed by atoms with E-state index in [0.29, 0.717) is 21.2 Å². The van der Waals surface area contributed by atoms with E-state index in [0.717, 1.165) is 0 Å². The molecule has 2 aromatic carbocycles. The fraction of sp³-hybridized carbons (Fsp3) is 0.222. The molecule has 0 bridgehead atoms. The predicted octanol–water partition coefficient (Wildman–Crippen LogP) is 3.49. The van der Waals surface area contributed by atoms with Crippen LogP contribution in [0.4, 0.5) is 0 Å². The number of amides is 1. The van der Waals surface area contributed by atoms with E-state index in [1.165, 1.54) is 7.11 Å². The minimum atomic E-state index is -1.19. The molecule has 0 heterocycles. The highest BCUT2D eigenvalue weighted by molar-refractivity contribution is 6.36. The third-order valence-corrected chi connectivity index (χ3v) is 4.37. The zero-order chi connectivity index (χ0) is 18.4. The third-order valence-electron chi connectivity index (χ3n) is 3.66. The molecule has 0 unspecified atom stereocenters. The Balaban J connectivity index is 2.18. The van der Waals surface area contributed by atoms with Crippen molar-refractivity contribution in [1.82, 2.24) is 5.32 Å². The minimum absolute atomic E-state index is 0.0369. The Morgan fingerprint density at radius 3 is 2.20 bits per heavy atom. The van der Waals surface area contributed by atoms with Crippen molar-refractivity contribution in [3.63, 3.8) is 0 Å². The number of nitrogens with one attached hydrogen (secondary N) is 1. The molecule has 2 N–H and O–H groups in total. The Labute approximate surface area is 155 Å². The van der Waals surface area contributed by atoms with E-state index in [9.17, 15) is 14.7 Å². The molecule has 0 aliphatic rings. The Morgan fingerprint density at radius 1 is 1.08 bits per heavy atom. The zero-order valence-corrected chi connectivity index (χ0v) is 14.9. The number of halogens is 2. The van der Waals surface area contributed by atoms with Gasteiger partial charge in [0.05, 0.1) is 0 Å². The molecule has 7 heteroatoms. The van der Waals surface area contributed by atoms with Crippen molar-refractivity contribution in [3.8, 4) is 0 Å². The monoisotopic (exact) mass is 381 g/mol. The van der Waals surface area contributed by atoms with Gasteiger partial charge in [-0.05, 0) is 23.3 Å². The molecule has 0 aliphatic heterocycles. The molecule has 0 saturated carbocycles. The average molecular weight is 382 g/mol. The first-order valence-corrected chi connectivity index (χ1v) is 8.23. The Kier molecular flexibility index (Phi) is 6.82. The zero-order valence-electron chi connectivity index (χ0n) is 13.4. The summed E-state index contributed by atoms with van der Waals surface area (Å²) in [4.78, 5) is 24.1. The van der Waals surface area contributed by atoms with Crippen LogP contribution in [0.3, 0.4) is 0 Å².